The average molecular weight is 320 g/mol. The van der Waals surface area contributed by atoms with Gasteiger partial charge in [0, 0.05) is 18.0 Å². The van der Waals surface area contributed by atoms with Gasteiger partial charge in [-0.2, -0.15) is 0 Å². The Morgan fingerprint density at radius 2 is 1.90 bits per heavy atom. The minimum Gasteiger partial charge on any atom is -0.279 e. The number of hydrogen-bond donors (Lipinski definition) is 0. The summed E-state index contributed by atoms with van der Waals surface area (Å²) >= 11 is 12.4. The standard InChI is InChI=1S/C16H15Cl2N3/c1-10-4-3-5-12(18)15(10)21-14(8-9-17)20-13-7-6-11(2)19-16(13)21/h3-7H,8-9H2,1-2H3. The van der Waals surface area contributed by atoms with Crippen LogP contribution in [0.5, 0.6) is 0 Å². The third-order valence-corrected chi connectivity index (χ3v) is 3.94. The minimum absolute atomic E-state index is 0.506. The summed E-state index contributed by atoms with van der Waals surface area (Å²) in [6, 6.07) is 9.81. The molecule has 2 heterocycles. The molecule has 108 valence electrons. The first-order valence-electron chi connectivity index (χ1n) is 6.78. The van der Waals surface area contributed by atoms with Crippen LogP contribution >= 0.6 is 23.2 Å². The van der Waals surface area contributed by atoms with Crippen LogP contribution in [-0.2, 0) is 6.42 Å². The highest BCUT2D eigenvalue weighted by Crippen LogP contribution is 2.29. The van der Waals surface area contributed by atoms with Gasteiger partial charge in [-0.25, -0.2) is 9.97 Å². The normalized spacial score (nSPS) is 11.2. The largest absolute Gasteiger partial charge is 0.279 e. The molecule has 21 heavy (non-hydrogen) atoms. The molecule has 0 fully saturated rings. The molecule has 0 radical (unpaired) electrons. The Morgan fingerprint density at radius 1 is 1.10 bits per heavy atom. The van der Waals surface area contributed by atoms with Crippen molar-refractivity contribution in [3.05, 3.63) is 52.4 Å². The number of nitrogens with zero attached hydrogens (tertiary/aromatic N) is 3. The number of pyridine rings is 1. The molecule has 2 aromatic heterocycles. The lowest BCUT2D eigenvalue weighted by Gasteiger charge is -2.13. The third-order valence-electron chi connectivity index (χ3n) is 3.44. The summed E-state index contributed by atoms with van der Waals surface area (Å²) in [7, 11) is 0. The Hall–Kier alpha value is -1.58. The van der Waals surface area contributed by atoms with Gasteiger partial charge in [-0.15, -0.1) is 11.6 Å². The van der Waals surface area contributed by atoms with E-state index in [1.165, 1.54) is 0 Å². The molecule has 0 saturated carbocycles. The summed E-state index contributed by atoms with van der Waals surface area (Å²) in [5, 5.41) is 0.688. The molecule has 3 aromatic rings. The van der Waals surface area contributed by atoms with Gasteiger partial charge < -0.3 is 0 Å². The van der Waals surface area contributed by atoms with Crippen LogP contribution < -0.4 is 0 Å². The van der Waals surface area contributed by atoms with Crippen LogP contribution in [0.1, 0.15) is 17.1 Å². The van der Waals surface area contributed by atoms with Crippen LogP contribution in [0, 0.1) is 13.8 Å². The summed E-state index contributed by atoms with van der Waals surface area (Å²) in [4.78, 5) is 9.30. The summed E-state index contributed by atoms with van der Waals surface area (Å²) in [5.41, 5.74) is 4.65. The fourth-order valence-corrected chi connectivity index (χ4v) is 2.97. The molecule has 0 saturated heterocycles. The summed E-state index contributed by atoms with van der Waals surface area (Å²) in [6.07, 6.45) is 0.668. The van der Waals surface area contributed by atoms with E-state index in [2.05, 4.69) is 9.97 Å². The van der Waals surface area contributed by atoms with Gasteiger partial charge >= 0.3 is 0 Å². The molecule has 0 aliphatic rings. The molecule has 0 amide bonds. The van der Waals surface area contributed by atoms with Gasteiger partial charge in [0.05, 0.1) is 10.7 Å². The first-order chi connectivity index (χ1) is 10.1. The maximum Gasteiger partial charge on any atom is 0.164 e. The van der Waals surface area contributed by atoms with Gasteiger partial charge in [0.15, 0.2) is 5.65 Å². The van der Waals surface area contributed by atoms with Gasteiger partial charge in [-0.3, -0.25) is 4.57 Å². The first-order valence-corrected chi connectivity index (χ1v) is 7.69. The van der Waals surface area contributed by atoms with E-state index in [-0.39, 0.29) is 0 Å². The average Bonchev–Trinajstić information content (AvgIpc) is 2.77. The fraction of sp³-hybridized carbons (Fsp3) is 0.250. The summed E-state index contributed by atoms with van der Waals surface area (Å²) < 4.78 is 2.03. The summed E-state index contributed by atoms with van der Waals surface area (Å²) in [5.74, 6) is 1.39. The van der Waals surface area contributed by atoms with E-state index >= 15 is 0 Å². The van der Waals surface area contributed by atoms with Crippen molar-refractivity contribution in [2.75, 3.05) is 5.88 Å². The van der Waals surface area contributed by atoms with Crippen molar-refractivity contribution in [1.29, 1.82) is 0 Å². The molecule has 0 aliphatic carbocycles. The topological polar surface area (TPSA) is 30.7 Å². The number of aryl methyl sites for hydroxylation is 3. The van der Waals surface area contributed by atoms with E-state index in [4.69, 9.17) is 23.2 Å². The molecule has 3 nitrogen and oxygen atoms in total. The van der Waals surface area contributed by atoms with Crippen molar-refractivity contribution in [2.45, 2.75) is 20.3 Å². The van der Waals surface area contributed by atoms with Crippen LogP contribution in [0.4, 0.5) is 0 Å². The molecular formula is C16H15Cl2N3. The lowest BCUT2D eigenvalue weighted by Crippen LogP contribution is -2.05. The Morgan fingerprint density at radius 3 is 2.62 bits per heavy atom. The van der Waals surface area contributed by atoms with Crippen LogP contribution in [-0.4, -0.2) is 20.4 Å². The lowest BCUT2D eigenvalue weighted by molar-refractivity contribution is 0.898. The zero-order valence-electron chi connectivity index (χ0n) is 11.9. The van der Waals surface area contributed by atoms with E-state index in [9.17, 15) is 0 Å². The second-order valence-corrected chi connectivity index (χ2v) is 5.79. The number of aromatic nitrogens is 3. The van der Waals surface area contributed by atoms with Crippen LogP contribution in [0.3, 0.4) is 0 Å². The molecule has 0 atom stereocenters. The Kier molecular flexibility index (Phi) is 3.87. The van der Waals surface area contributed by atoms with E-state index < -0.39 is 0 Å². The highest BCUT2D eigenvalue weighted by atomic mass is 35.5. The maximum atomic E-state index is 6.42. The highest BCUT2D eigenvalue weighted by molar-refractivity contribution is 6.32. The molecule has 1 aromatic carbocycles. The number of hydrogen-bond acceptors (Lipinski definition) is 2. The van der Waals surface area contributed by atoms with Crippen LogP contribution in [0.25, 0.3) is 16.9 Å². The predicted molar refractivity (Wildman–Crippen MR) is 87.8 cm³/mol. The number of alkyl halides is 1. The number of rotatable bonds is 3. The van der Waals surface area contributed by atoms with Crippen molar-refractivity contribution in [1.82, 2.24) is 14.5 Å². The lowest BCUT2D eigenvalue weighted by atomic mass is 10.2. The molecule has 0 aliphatic heterocycles. The van der Waals surface area contributed by atoms with Gasteiger partial charge in [0.2, 0.25) is 0 Å². The zero-order valence-corrected chi connectivity index (χ0v) is 13.4. The second kappa shape index (κ2) is 5.66. The van der Waals surface area contributed by atoms with Gasteiger partial charge in [0.1, 0.15) is 11.3 Å². The molecule has 0 N–H and O–H groups in total. The number of halogens is 2. The van der Waals surface area contributed by atoms with Gasteiger partial charge in [-0.1, -0.05) is 23.7 Å². The number of benzene rings is 1. The van der Waals surface area contributed by atoms with E-state index in [0.717, 1.165) is 33.9 Å². The van der Waals surface area contributed by atoms with E-state index in [1.807, 2.05) is 48.7 Å². The third kappa shape index (κ3) is 2.52. The molecule has 3 rings (SSSR count). The van der Waals surface area contributed by atoms with Gasteiger partial charge in [0.25, 0.3) is 0 Å². The van der Waals surface area contributed by atoms with Crippen LogP contribution in [0.15, 0.2) is 30.3 Å². The van der Waals surface area contributed by atoms with E-state index in [1.54, 1.807) is 0 Å². The predicted octanol–water partition coefficient (Wildman–Crippen LogP) is 4.47. The van der Waals surface area contributed by atoms with Crippen molar-refractivity contribution in [3.63, 3.8) is 0 Å². The molecule has 0 unspecified atom stereocenters. The Balaban J connectivity index is 2.38. The summed E-state index contributed by atoms with van der Waals surface area (Å²) in [6.45, 7) is 4.00. The van der Waals surface area contributed by atoms with Crippen molar-refractivity contribution < 1.29 is 0 Å². The monoisotopic (exact) mass is 319 g/mol. The quantitative estimate of drug-likeness (QED) is 0.667. The zero-order chi connectivity index (χ0) is 15.0. The van der Waals surface area contributed by atoms with E-state index in [0.29, 0.717) is 17.3 Å². The molecule has 0 spiro atoms. The smallest absolute Gasteiger partial charge is 0.164 e. The van der Waals surface area contributed by atoms with Crippen LogP contribution in [0.2, 0.25) is 5.02 Å². The minimum atomic E-state index is 0.506. The highest BCUT2D eigenvalue weighted by Gasteiger charge is 2.17. The van der Waals surface area contributed by atoms with Gasteiger partial charge in [-0.05, 0) is 37.6 Å². The number of fused-ring (bicyclic) bond motifs is 1. The molecule has 0 bridgehead atoms. The molecule has 5 heteroatoms. The number of para-hydroxylation sites is 1. The maximum absolute atomic E-state index is 6.42. The Bertz CT molecular complexity index is 788. The fourth-order valence-electron chi connectivity index (χ4n) is 2.49. The van der Waals surface area contributed by atoms with Crippen molar-refractivity contribution in [2.24, 2.45) is 0 Å². The number of imidazole rings is 1. The SMILES string of the molecule is Cc1ccc2nc(CCCl)n(-c3c(C)cccc3Cl)c2n1. The van der Waals surface area contributed by atoms with Crippen molar-refractivity contribution in [3.8, 4) is 5.69 Å². The molecular weight excluding hydrogens is 305 g/mol. The second-order valence-electron chi connectivity index (χ2n) is 5.00. The van der Waals surface area contributed by atoms with Crippen molar-refractivity contribution >= 4 is 34.4 Å². The Labute approximate surface area is 133 Å². The first kappa shape index (κ1) is 14.4.